The minimum Gasteiger partial charge on any atom is -0.495 e. The first-order valence-electron chi connectivity index (χ1n) is 10.4. The Labute approximate surface area is 172 Å². The molecule has 0 unspecified atom stereocenters. The van der Waals surface area contributed by atoms with Crippen LogP contribution in [0.25, 0.3) is 0 Å². The van der Waals surface area contributed by atoms with Gasteiger partial charge in [0.15, 0.2) is 0 Å². The number of benzene rings is 1. The van der Waals surface area contributed by atoms with Crippen LogP contribution in [0.5, 0.6) is 5.75 Å². The van der Waals surface area contributed by atoms with Crippen LogP contribution < -0.4 is 14.5 Å². The van der Waals surface area contributed by atoms with Crippen LogP contribution in [0.1, 0.15) is 30.3 Å². The van der Waals surface area contributed by atoms with Crippen molar-refractivity contribution in [3.63, 3.8) is 0 Å². The van der Waals surface area contributed by atoms with E-state index in [2.05, 4.69) is 32.8 Å². The van der Waals surface area contributed by atoms with Crippen LogP contribution in [0.15, 0.2) is 36.7 Å². The van der Waals surface area contributed by atoms with E-state index in [1.165, 1.54) is 6.33 Å². The molecule has 0 saturated carbocycles. The molecule has 0 spiro atoms. The molecule has 0 N–H and O–H groups in total. The van der Waals surface area contributed by atoms with Crippen LogP contribution in [0.2, 0.25) is 0 Å². The van der Waals surface area contributed by atoms with Gasteiger partial charge >= 0.3 is 0 Å². The maximum absolute atomic E-state index is 13.0. The molecule has 2 fully saturated rings. The van der Waals surface area contributed by atoms with E-state index in [-0.39, 0.29) is 5.91 Å². The summed E-state index contributed by atoms with van der Waals surface area (Å²) in [6, 6.07) is 9.87. The number of piperidine rings is 1. The molecule has 3 heterocycles. The smallest absolute Gasteiger partial charge is 0.272 e. The van der Waals surface area contributed by atoms with Crippen LogP contribution >= 0.6 is 0 Å². The minimum atomic E-state index is -0.0151. The lowest BCUT2D eigenvalue weighted by Gasteiger charge is -2.36. The third-order valence-electron chi connectivity index (χ3n) is 5.97. The number of amides is 1. The van der Waals surface area contributed by atoms with Gasteiger partial charge in [0, 0.05) is 45.3 Å². The highest BCUT2D eigenvalue weighted by molar-refractivity contribution is 5.93. The fourth-order valence-electron chi connectivity index (χ4n) is 4.08. The summed E-state index contributed by atoms with van der Waals surface area (Å²) in [4.78, 5) is 28.1. The molecular formula is C22H29N5O2. The van der Waals surface area contributed by atoms with Crippen molar-refractivity contribution >= 4 is 17.4 Å². The summed E-state index contributed by atoms with van der Waals surface area (Å²) >= 11 is 0. The number of anilines is 2. The first-order valence-corrected chi connectivity index (χ1v) is 10.4. The molecular weight excluding hydrogens is 366 g/mol. The Kier molecular flexibility index (Phi) is 5.83. The van der Waals surface area contributed by atoms with Gasteiger partial charge in [-0.05, 0) is 30.9 Å². The molecule has 29 heavy (non-hydrogen) atoms. The van der Waals surface area contributed by atoms with Crippen molar-refractivity contribution < 1.29 is 9.53 Å². The molecule has 2 aliphatic rings. The second kappa shape index (κ2) is 8.68. The molecule has 2 saturated heterocycles. The summed E-state index contributed by atoms with van der Waals surface area (Å²) in [7, 11) is 1.69. The summed E-state index contributed by atoms with van der Waals surface area (Å²) in [5, 5.41) is 0. The lowest BCUT2D eigenvalue weighted by molar-refractivity contribution is 0.0740. The highest BCUT2D eigenvalue weighted by Crippen LogP contribution is 2.28. The fraction of sp³-hybridized carbons (Fsp3) is 0.500. The summed E-state index contributed by atoms with van der Waals surface area (Å²) in [6.07, 6.45) is 3.85. The van der Waals surface area contributed by atoms with Gasteiger partial charge in [-0.3, -0.25) is 4.79 Å². The second-order valence-electron chi connectivity index (χ2n) is 7.88. The molecule has 7 nitrogen and oxygen atoms in total. The van der Waals surface area contributed by atoms with E-state index in [0.29, 0.717) is 18.8 Å². The zero-order valence-electron chi connectivity index (χ0n) is 17.3. The topological polar surface area (TPSA) is 61.8 Å². The van der Waals surface area contributed by atoms with E-state index in [1.807, 2.05) is 29.2 Å². The van der Waals surface area contributed by atoms with Gasteiger partial charge in [0.05, 0.1) is 12.8 Å². The number of ether oxygens (including phenoxy) is 1. The third kappa shape index (κ3) is 4.28. The number of rotatable bonds is 4. The first-order chi connectivity index (χ1) is 14.2. The van der Waals surface area contributed by atoms with Crippen LogP contribution in [0.3, 0.4) is 0 Å². The van der Waals surface area contributed by atoms with Gasteiger partial charge in [-0.25, -0.2) is 9.97 Å². The number of methoxy groups -OCH3 is 1. The quantitative estimate of drug-likeness (QED) is 0.793. The Hall–Kier alpha value is -2.83. The van der Waals surface area contributed by atoms with Crippen molar-refractivity contribution in [2.24, 2.45) is 5.92 Å². The molecule has 1 aromatic carbocycles. The summed E-state index contributed by atoms with van der Waals surface area (Å²) < 4.78 is 5.48. The van der Waals surface area contributed by atoms with Crippen molar-refractivity contribution in [1.82, 2.24) is 14.9 Å². The standard InChI is InChI=1S/C22H29N5O2/c1-17-7-9-26(10-8-17)21-15-18(23-16-24-21)22(28)27-13-11-25(12-14-27)19-5-3-4-6-20(19)29-2/h3-6,15-17H,7-14H2,1-2H3. The highest BCUT2D eigenvalue weighted by Gasteiger charge is 2.25. The van der Waals surface area contributed by atoms with Crippen molar-refractivity contribution in [2.45, 2.75) is 19.8 Å². The fourth-order valence-corrected chi connectivity index (χ4v) is 4.08. The van der Waals surface area contributed by atoms with E-state index in [4.69, 9.17) is 4.74 Å². The van der Waals surface area contributed by atoms with Gasteiger partial charge in [0.25, 0.3) is 5.91 Å². The highest BCUT2D eigenvalue weighted by atomic mass is 16.5. The number of aromatic nitrogens is 2. The van der Waals surface area contributed by atoms with Crippen LogP contribution in [-0.4, -0.2) is 67.2 Å². The molecule has 2 aromatic rings. The first kappa shape index (κ1) is 19.5. The molecule has 4 rings (SSSR count). The van der Waals surface area contributed by atoms with Gasteiger partial charge in [0.2, 0.25) is 0 Å². The zero-order chi connectivity index (χ0) is 20.2. The van der Waals surface area contributed by atoms with Crippen molar-refractivity contribution in [2.75, 3.05) is 56.2 Å². The summed E-state index contributed by atoms with van der Waals surface area (Å²) in [5.74, 6) is 2.47. The van der Waals surface area contributed by atoms with Gasteiger partial charge in [-0.2, -0.15) is 0 Å². The molecule has 1 aromatic heterocycles. The molecule has 0 radical (unpaired) electrons. The average Bonchev–Trinajstić information content (AvgIpc) is 2.79. The predicted molar refractivity (Wildman–Crippen MR) is 114 cm³/mol. The number of piperazine rings is 1. The molecule has 154 valence electrons. The molecule has 2 aliphatic heterocycles. The van der Waals surface area contributed by atoms with Gasteiger partial charge in [-0.15, -0.1) is 0 Å². The van der Waals surface area contributed by atoms with Crippen LogP contribution in [0, 0.1) is 5.92 Å². The number of carbonyl (C=O) groups is 1. The Bertz CT molecular complexity index is 843. The van der Waals surface area contributed by atoms with E-state index in [0.717, 1.165) is 62.2 Å². The van der Waals surface area contributed by atoms with Crippen LogP contribution in [-0.2, 0) is 0 Å². The number of carbonyl (C=O) groups excluding carboxylic acids is 1. The summed E-state index contributed by atoms with van der Waals surface area (Å²) in [5.41, 5.74) is 1.56. The normalized spacial score (nSPS) is 18.1. The zero-order valence-corrected chi connectivity index (χ0v) is 17.3. The molecule has 1 amide bonds. The van der Waals surface area contributed by atoms with Gasteiger partial charge in [0.1, 0.15) is 23.6 Å². The maximum atomic E-state index is 13.0. The van der Waals surface area contributed by atoms with Crippen molar-refractivity contribution in [3.8, 4) is 5.75 Å². The molecule has 0 atom stereocenters. The van der Waals surface area contributed by atoms with Gasteiger partial charge < -0.3 is 19.4 Å². The molecule has 0 bridgehead atoms. The predicted octanol–water partition coefficient (Wildman–Crippen LogP) is 2.68. The Morgan fingerprint density at radius 3 is 2.45 bits per heavy atom. The average molecular weight is 396 g/mol. The monoisotopic (exact) mass is 395 g/mol. The van der Waals surface area contributed by atoms with Gasteiger partial charge in [-0.1, -0.05) is 19.1 Å². The van der Waals surface area contributed by atoms with Crippen molar-refractivity contribution in [3.05, 3.63) is 42.4 Å². The lowest BCUT2D eigenvalue weighted by Crippen LogP contribution is -2.49. The number of hydrogen-bond donors (Lipinski definition) is 0. The lowest BCUT2D eigenvalue weighted by atomic mass is 9.99. The van der Waals surface area contributed by atoms with Crippen molar-refractivity contribution in [1.29, 1.82) is 0 Å². The van der Waals surface area contributed by atoms with E-state index in [9.17, 15) is 4.79 Å². The van der Waals surface area contributed by atoms with E-state index < -0.39 is 0 Å². The maximum Gasteiger partial charge on any atom is 0.272 e. The Morgan fingerprint density at radius 1 is 1.00 bits per heavy atom. The minimum absolute atomic E-state index is 0.0151. The number of para-hydroxylation sites is 2. The molecule has 7 heteroatoms. The number of nitrogens with zero attached hydrogens (tertiary/aromatic N) is 5. The Morgan fingerprint density at radius 2 is 1.72 bits per heavy atom. The third-order valence-corrected chi connectivity index (χ3v) is 5.97. The van der Waals surface area contributed by atoms with E-state index >= 15 is 0 Å². The largest absolute Gasteiger partial charge is 0.495 e. The van der Waals surface area contributed by atoms with Crippen LogP contribution in [0.4, 0.5) is 11.5 Å². The Balaban J connectivity index is 1.40. The number of hydrogen-bond acceptors (Lipinski definition) is 6. The second-order valence-corrected chi connectivity index (χ2v) is 7.88. The molecule has 0 aliphatic carbocycles. The summed E-state index contributed by atoms with van der Waals surface area (Å²) in [6.45, 7) is 7.14. The van der Waals surface area contributed by atoms with E-state index in [1.54, 1.807) is 7.11 Å². The SMILES string of the molecule is COc1ccccc1N1CCN(C(=O)c2cc(N3CCC(C)CC3)ncn2)CC1.